The third-order valence-corrected chi connectivity index (χ3v) is 4.48. The van der Waals surface area contributed by atoms with E-state index in [9.17, 15) is 9.59 Å². The Morgan fingerprint density at radius 1 is 1.48 bits per heavy atom. The molecule has 1 heterocycles. The van der Waals surface area contributed by atoms with E-state index >= 15 is 0 Å². The van der Waals surface area contributed by atoms with E-state index in [1.807, 2.05) is 13.8 Å². The van der Waals surface area contributed by atoms with E-state index in [2.05, 4.69) is 5.92 Å². The quantitative estimate of drug-likeness (QED) is 0.590. The number of hydrogen-bond acceptors (Lipinski definition) is 4. The van der Waals surface area contributed by atoms with Crippen molar-refractivity contribution in [2.75, 3.05) is 6.54 Å². The minimum absolute atomic E-state index is 0.0234. The summed E-state index contributed by atoms with van der Waals surface area (Å²) in [6.07, 6.45) is 7.73. The fourth-order valence-electron chi connectivity index (χ4n) is 1.88. The predicted molar refractivity (Wildman–Crippen MR) is 93.3 cm³/mol. The molecule has 1 aliphatic heterocycles. The molecule has 6 heteroatoms. The van der Waals surface area contributed by atoms with E-state index in [4.69, 9.17) is 22.8 Å². The lowest BCUT2D eigenvalue weighted by molar-refractivity contribution is -0.122. The SMILES string of the molecule is C#CCN1C(=O)S/C(=C\c2ccc(O[C@@H](C)CC)c(Cl)c2)C1=O. The molecule has 2 rings (SSSR count). The minimum atomic E-state index is -0.381. The highest BCUT2D eigenvalue weighted by molar-refractivity contribution is 8.18. The number of ether oxygens (including phenoxy) is 1. The molecular weight excluding hydrogens is 334 g/mol. The number of thioether (sulfide) groups is 1. The molecule has 0 N–H and O–H groups in total. The van der Waals surface area contributed by atoms with E-state index in [1.165, 1.54) is 0 Å². The fourth-order valence-corrected chi connectivity index (χ4v) is 2.95. The Labute approximate surface area is 144 Å². The fraction of sp³-hybridized carbons (Fsp3) is 0.294. The predicted octanol–water partition coefficient (Wildman–Crippen LogP) is 4.19. The van der Waals surface area contributed by atoms with Crippen molar-refractivity contribution in [3.8, 4) is 18.1 Å². The van der Waals surface area contributed by atoms with Crippen LogP contribution in [0.3, 0.4) is 0 Å². The molecule has 0 aliphatic carbocycles. The van der Waals surface area contributed by atoms with Crippen LogP contribution in [0.2, 0.25) is 5.02 Å². The average molecular weight is 350 g/mol. The van der Waals surface area contributed by atoms with Crippen LogP contribution in [0.25, 0.3) is 6.08 Å². The van der Waals surface area contributed by atoms with Crippen LogP contribution in [0.1, 0.15) is 25.8 Å². The Morgan fingerprint density at radius 3 is 2.83 bits per heavy atom. The zero-order chi connectivity index (χ0) is 17.0. The van der Waals surface area contributed by atoms with Crippen LogP contribution in [0.4, 0.5) is 4.79 Å². The van der Waals surface area contributed by atoms with Gasteiger partial charge in [-0.3, -0.25) is 14.5 Å². The first-order valence-electron chi connectivity index (χ1n) is 7.11. The number of nitrogens with zero attached hydrogens (tertiary/aromatic N) is 1. The normalized spacial score (nSPS) is 17.5. The molecule has 0 bridgehead atoms. The van der Waals surface area contributed by atoms with Gasteiger partial charge < -0.3 is 4.74 Å². The topological polar surface area (TPSA) is 46.6 Å². The Hall–Kier alpha value is -1.90. The molecule has 1 fully saturated rings. The summed E-state index contributed by atoms with van der Waals surface area (Å²) >= 11 is 7.08. The molecule has 0 aromatic heterocycles. The van der Waals surface area contributed by atoms with Gasteiger partial charge in [0.2, 0.25) is 0 Å². The first kappa shape index (κ1) is 17.5. The van der Waals surface area contributed by atoms with Crippen LogP contribution in [0.15, 0.2) is 23.1 Å². The summed E-state index contributed by atoms with van der Waals surface area (Å²) in [5, 5.41) is 0.101. The van der Waals surface area contributed by atoms with Crippen molar-refractivity contribution in [2.24, 2.45) is 0 Å². The summed E-state index contributed by atoms with van der Waals surface area (Å²) in [6.45, 7) is 3.97. The van der Waals surface area contributed by atoms with E-state index in [-0.39, 0.29) is 23.8 Å². The van der Waals surface area contributed by atoms with Crippen LogP contribution in [-0.2, 0) is 4.79 Å². The maximum Gasteiger partial charge on any atom is 0.294 e. The number of carbonyl (C=O) groups excluding carboxylic acids is 2. The molecule has 1 atom stereocenters. The number of imide groups is 1. The lowest BCUT2D eigenvalue weighted by Gasteiger charge is -2.14. The van der Waals surface area contributed by atoms with Crippen molar-refractivity contribution in [1.29, 1.82) is 0 Å². The van der Waals surface area contributed by atoms with Crippen LogP contribution in [0, 0.1) is 12.3 Å². The van der Waals surface area contributed by atoms with Gasteiger partial charge in [-0.1, -0.05) is 30.5 Å². The number of halogens is 1. The van der Waals surface area contributed by atoms with E-state index in [1.54, 1.807) is 24.3 Å². The van der Waals surface area contributed by atoms with Gasteiger partial charge in [0.25, 0.3) is 11.1 Å². The standard InChI is InChI=1S/C17H16ClNO3S/c1-4-8-19-16(20)15(23-17(19)21)10-12-6-7-14(13(18)9-12)22-11(3)5-2/h1,6-7,9-11H,5,8H2,2-3H3/b15-10-/t11-/m0/s1. The van der Waals surface area contributed by atoms with Crippen molar-refractivity contribution < 1.29 is 14.3 Å². The van der Waals surface area contributed by atoms with Gasteiger partial charge >= 0.3 is 0 Å². The summed E-state index contributed by atoms with van der Waals surface area (Å²) in [5.74, 6) is 2.52. The summed E-state index contributed by atoms with van der Waals surface area (Å²) < 4.78 is 5.70. The van der Waals surface area contributed by atoms with E-state index in [0.717, 1.165) is 28.6 Å². The smallest absolute Gasteiger partial charge is 0.294 e. The second-order valence-electron chi connectivity index (χ2n) is 5.00. The number of rotatable bonds is 5. The van der Waals surface area contributed by atoms with Crippen molar-refractivity contribution in [3.05, 3.63) is 33.7 Å². The lowest BCUT2D eigenvalue weighted by atomic mass is 10.2. The molecule has 1 aliphatic rings. The molecule has 0 radical (unpaired) electrons. The number of terminal acetylenes is 1. The number of carbonyl (C=O) groups is 2. The van der Waals surface area contributed by atoms with Crippen LogP contribution in [-0.4, -0.2) is 28.7 Å². The minimum Gasteiger partial charge on any atom is -0.489 e. The third-order valence-electron chi connectivity index (χ3n) is 3.28. The summed E-state index contributed by atoms with van der Waals surface area (Å²) in [6, 6.07) is 5.25. The molecule has 0 spiro atoms. The van der Waals surface area contributed by atoms with Gasteiger partial charge in [-0.05, 0) is 48.9 Å². The van der Waals surface area contributed by atoms with Crippen molar-refractivity contribution in [3.63, 3.8) is 0 Å². The molecule has 1 aromatic carbocycles. The lowest BCUT2D eigenvalue weighted by Crippen LogP contribution is -2.28. The monoisotopic (exact) mass is 349 g/mol. The van der Waals surface area contributed by atoms with Crippen LogP contribution < -0.4 is 4.74 Å². The average Bonchev–Trinajstić information content (AvgIpc) is 2.78. The van der Waals surface area contributed by atoms with E-state index in [0.29, 0.717) is 15.7 Å². The number of hydrogen-bond donors (Lipinski definition) is 0. The zero-order valence-corrected chi connectivity index (χ0v) is 14.4. The van der Waals surface area contributed by atoms with Gasteiger partial charge in [0.15, 0.2) is 0 Å². The maximum atomic E-state index is 12.1. The molecule has 23 heavy (non-hydrogen) atoms. The molecule has 1 saturated heterocycles. The second-order valence-corrected chi connectivity index (χ2v) is 6.40. The molecule has 0 unspecified atom stereocenters. The van der Waals surface area contributed by atoms with Gasteiger partial charge in [-0.2, -0.15) is 0 Å². The summed E-state index contributed by atoms with van der Waals surface area (Å²) in [5.41, 5.74) is 0.720. The van der Waals surface area contributed by atoms with Crippen molar-refractivity contribution >= 4 is 40.6 Å². The van der Waals surface area contributed by atoms with Crippen LogP contribution in [0.5, 0.6) is 5.75 Å². The van der Waals surface area contributed by atoms with Crippen molar-refractivity contribution in [2.45, 2.75) is 26.4 Å². The van der Waals surface area contributed by atoms with Gasteiger partial charge in [0.1, 0.15) is 5.75 Å². The Balaban J connectivity index is 2.21. The van der Waals surface area contributed by atoms with Gasteiger partial charge in [-0.25, -0.2) is 0 Å². The van der Waals surface area contributed by atoms with Gasteiger partial charge in [0, 0.05) is 0 Å². The number of benzene rings is 1. The first-order valence-corrected chi connectivity index (χ1v) is 8.30. The largest absolute Gasteiger partial charge is 0.489 e. The molecule has 120 valence electrons. The Morgan fingerprint density at radius 2 is 2.22 bits per heavy atom. The van der Waals surface area contributed by atoms with Gasteiger partial charge in [-0.15, -0.1) is 6.42 Å². The Bertz CT molecular complexity index is 708. The molecule has 1 aromatic rings. The molecular formula is C17H16ClNO3S. The number of amides is 2. The Kier molecular flexibility index (Phi) is 5.75. The highest BCUT2D eigenvalue weighted by Crippen LogP contribution is 2.33. The maximum absolute atomic E-state index is 12.1. The molecule has 2 amide bonds. The second kappa shape index (κ2) is 7.58. The van der Waals surface area contributed by atoms with Crippen LogP contribution >= 0.6 is 23.4 Å². The highest BCUT2D eigenvalue weighted by Gasteiger charge is 2.34. The summed E-state index contributed by atoms with van der Waals surface area (Å²) in [4.78, 5) is 25.2. The van der Waals surface area contributed by atoms with Crippen molar-refractivity contribution in [1.82, 2.24) is 4.90 Å². The molecule has 4 nitrogen and oxygen atoms in total. The third kappa shape index (κ3) is 4.10. The first-order chi connectivity index (χ1) is 11.0. The van der Waals surface area contributed by atoms with Gasteiger partial charge in [0.05, 0.1) is 22.6 Å². The highest BCUT2D eigenvalue weighted by atomic mass is 35.5. The molecule has 0 saturated carbocycles. The van der Waals surface area contributed by atoms with E-state index < -0.39 is 0 Å². The summed E-state index contributed by atoms with van der Waals surface area (Å²) in [7, 11) is 0. The zero-order valence-electron chi connectivity index (χ0n) is 12.8.